The maximum absolute atomic E-state index is 13.5. The fourth-order valence-corrected chi connectivity index (χ4v) is 5.59. The summed E-state index contributed by atoms with van der Waals surface area (Å²) in [5.74, 6) is -1.89. The molecule has 236 valence electrons. The molecule has 0 unspecified atom stereocenters. The Morgan fingerprint density at radius 2 is 1.67 bits per heavy atom. The van der Waals surface area contributed by atoms with E-state index in [0.717, 1.165) is 0 Å². The number of aliphatic hydroxyl groups excluding tert-OH is 5. The molecule has 3 aliphatic heterocycles. The second-order valence-electron chi connectivity index (χ2n) is 10.6. The van der Waals surface area contributed by atoms with Gasteiger partial charge < -0.3 is 69.3 Å². The highest BCUT2D eigenvalue weighted by atomic mass is 16.7. The molecule has 15 heteroatoms. The van der Waals surface area contributed by atoms with Gasteiger partial charge in [-0.15, -0.1) is 0 Å². The van der Waals surface area contributed by atoms with Crippen LogP contribution in [0.15, 0.2) is 24.3 Å². The van der Waals surface area contributed by atoms with Gasteiger partial charge in [-0.3, -0.25) is 4.79 Å². The van der Waals surface area contributed by atoms with Gasteiger partial charge in [0.2, 0.25) is 5.75 Å². The summed E-state index contributed by atoms with van der Waals surface area (Å²) in [7, 11) is 2.44. The Bertz CT molecular complexity index is 1330. The van der Waals surface area contributed by atoms with Crippen molar-refractivity contribution in [1.29, 1.82) is 0 Å². The van der Waals surface area contributed by atoms with Gasteiger partial charge in [0.15, 0.2) is 23.6 Å². The van der Waals surface area contributed by atoms with Crippen LogP contribution in [0.25, 0.3) is 0 Å². The van der Waals surface area contributed by atoms with Crippen molar-refractivity contribution in [2.45, 2.75) is 61.0 Å². The molecule has 0 saturated carbocycles. The van der Waals surface area contributed by atoms with E-state index in [-0.39, 0.29) is 40.5 Å². The van der Waals surface area contributed by atoms with Crippen LogP contribution >= 0.6 is 0 Å². The fourth-order valence-electron chi connectivity index (χ4n) is 5.59. The summed E-state index contributed by atoms with van der Waals surface area (Å²) < 4.78 is 34.4. The first-order chi connectivity index (χ1) is 20.5. The minimum atomic E-state index is -2.08. The highest BCUT2D eigenvalue weighted by Gasteiger charge is 2.54. The average molecular weight is 611 g/mol. The van der Waals surface area contributed by atoms with Gasteiger partial charge in [0.25, 0.3) is 0 Å². The van der Waals surface area contributed by atoms with Crippen LogP contribution < -0.4 is 14.2 Å². The molecule has 3 heterocycles. The van der Waals surface area contributed by atoms with Crippen LogP contribution in [0.4, 0.5) is 0 Å². The normalized spacial score (nSPS) is 34.0. The highest BCUT2D eigenvalue weighted by molar-refractivity contribution is 6.04. The molecule has 0 radical (unpaired) electrons. The molecule has 2 aromatic rings. The third-order valence-corrected chi connectivity index (χ3v) is 7.98. The predicted octanol–water partition coefficient (Wildman–Crippen LogP) is -1.20. The van der Waals surface area contributed by atoms with Crippen molar-refractivity contribution in [3.8, 4) is 28.7 Å². The Morgan fingerprint density at radius 3 is 2.26 bits per heavy atom. The first kappa shape index (κ1) is 31.2. The van der Waals surface area contributed by atoms with E-state index in [2.05, 4.69) is 0 Å². The van der Waals surface area contributed by atoms with Crippen molar-refractivity contribution in [3.63, 3.8) is 0 Å². The van der Waals surface area contributed by atoms with Gasteiger partial charge in [-0.1, -0.05) is 12.1 Å². The average Bonchev–Trinajstić information content (AvgIpc) is 3.28. The van der Waals surface area contributed by atoms with E-state index < -0.39 is 86.0 Å². The van der Waals surface area contributed by atoms with Crippen molar-refractivity contribution in [3.05, 3.63) is 41.0 Å². The number of rotatable bonds is 8. The smallest absolute Gasteiger partial charge is 0.204 e. The molecule has 2 fully saturated rings. The maximum Gasteiger partial charge on any atom is 0.204 e. The number of hydrogen-bond acceptors (Lipinski definition) is 15. The van der Waals surface area contributed by atoms with Gasteiger partial charge >= 0.3 is 0 Å². The van der Waals surface area contributed by atoms with Crippen LogP contribution in [0.1, 0.15) is 40.1 Å². The van der Waals surface area contributed by atoms with Gasteiger partial charge in [-0.25, -0.2) is 0 Å². The van der Waals surface area contributed by atoms with Crippen molar-refractivity contribution >= 4 is 5.78 Å². The molecule has 2 aromatic carbocycles. The number of hydrogen-bond donors (Lipinski definition) is 8. The van der Waals surface area contributed by atoms with Crippen molar-refractivity contribution in [1.82, 2.24) is 0 Å². The van der Waals surface area contributed by atoms with E-state index in [1.807, 2.05) is 0 Å². The van der Waals surface area contributed by atoms with Crippen LogP contribution in [0.2, 0.25) is 0 Å². The molecule has 0 aliphatic carbocycles. The van der Waals surface area contributed by atoms with E-state index in [4.69, 9.17) is 28.4 Å². The Labute approximate surface area is 245 Å². The van der Waals surface area contributed by atoms with Gasteiger partial charge in [-0.2, -0.15) is 0 Å². The molecular weight excluding hydrogens is 576 g/mol. The molecular formula is C28H34O15. The first-order valence-electron chi connectivity index (χ1n) is 13.4. The van der Waals surface area contributed by atoms with Gasteiger partial charge in [-0.05, 0) is 17.7 Å². The zero-order chi connectivity index (χ0) is 31.2. The summed E-state index contributed by atoms with van der Waals surface area (Å²) in [6.45, 7) is -2.16. The number of Topliss-reactive ketones (excluding diaryl/α,β-unsaturated/α-hetero) is 1. The third kappa shape index (κ3) is 5.26. The van der Waals surface area contributed by atoms with Crippen molar-refractivity contribution in [2.75, 3.05) is 34.0 Å². The minimum absolute atomic E-state index is 0.0152. The molecule has 9 atom stereocenters. The summed E-state index contributed by atoms with van der Waals surface area (Å²) in [6.07, 6.45) is -12.7. The first-order valence-corrected chi connectivity index (χ1v) is 13.4. The zero-order valence-corrected chi connectivity index (χ0v) is 23.2. The molecule has 43 heavy (non-hydrogen) atoms. The largest absolute Gasteiger partial charge is 0.508 e. The molecule has 5 rings (SSSR count). The predicted molar refractivity (Wildman–Crippen MR) is 141 cm³/mol. The number of carbonyl (C=O) groups is 1. The zero-order valence-electron chi connectivity index (χ0n) is 23.2. The van der Waals surface area contributed by atoms with E-state index in [1.54, 1.807) is 12.1 Å². The lowest BCUT2D eigenvalue weighted by Crippen LogP contribution is -2.58. The molecule has 0 amide bonds. The van der Waals surface area contributed by atoms with E-state index >= 15 is 0 Å². The number of ketones is 1. The lowest BCUT2D eigenvalue weighted by Gasteiger charge is -2.44. The van der Waals surface area contributed by atoms with E-state index in [0.29, 0.717) is 5.56 Å². The lowest BCUT2D eigenvalue weighted by atomic mass is 9.86. The molecule has 8 N–H and O–H groups in total. The summed E-state index contributed by atoms with van der Waals surface area (Å²) in [5, 5.41) is 83.3. The summed E-state index contributed by atoms with van der Waals surface area (Å²) in [6, 6.07) is 5.91. The second kappa shape index (κ2) is 12.0. The number of methoxy groups -OCH3 is 2. The fraction of sp³-hybridized carbons (Fsp3) is 0.536. The number of fused-ring (bicyclic) bond motifs is 1. The van der Waals surface area contributed by atoms with Gasteiger partial charge in [0.05, 0.1) is 46.0 Å². The Kier molecular flexibility index (Phi) is 8.72. The van der Waals surface area contributed by atoms with Crippen LogP contribution in [-0.4, -0.2) is 123 Å². The number of carbonyl (C=O) groups excluding carboxylic acids is 1. The molecule has 3 aliphatic rings. The highest BCUT2D eigenvalue weighted by Crippen LogP contribution is 2.56. The van der Waals surface area contributed by atoms with Crippen molar-refractivity contribution < 1.29 is 74.1 Å². The van der Waals surface area contributed by atoms with Crippen LogP contribution in [-0.2, 0) is 14.2 Å². The monoisotopic (exact) mass is 610 g/mol. The van der Waals surface area contributed by atoms with Gasteiger partial charge in [0.1, 0.15) is 65.4 Å². The van der Waals surface area contributed by atoms with Crippen molar-refractivity contribution in [2.24, 2.45) is 0 Å². The lowest BCUT2D eigenvalue weighted by molar-refractivity contribution is -0.287. The topological polar surface area (TPSA) is 234 Å². The van der Waals surface area contributed by atoms with Crippen LogP contribution in [0.5, 0.6) is 28.7 Å². The number of benzene rings is 2. The Morgan fingerprint density at radius 1 is 1.00 bits per heavy atom. The van der Waals surface area contributed by atoms with E-state index in [9.17, 15) is 45.6 Å². The molecule has 0 bridgehead atoms. The SMILES string of the molecule is COc1c(O)c2c(c([C@@H]3O[C@H](CO)[C@@H](O)[C@H](O)[C@H]3O[C@@H]3OC[C@](O)(CO)[C@H]3O)c1OC)O[C@@H](c1ccc(O)cc1)CC2=O. The van der Waals surface area contributed by atoms with E-state index in [1.165, 1.54) is 26.4 Å². The van der Waals surface area contributed by atoms with Gasteiger partial charge in [0, 0.05) is 0 Å². The standard InChI is InChI=1S/C28H34O15/c1-38-22-17(21-16(19(34)24(22)39-2)13(32)7-14(41-21)11-3-5-12(31)6-4-11)23-25(20(35)18(33)15(8-29)42-23)43-27-26(36)28(37,9-30)10-40-27/h3-6,14-15,18,20,23,25-27,29-31,33-37H,7-10H2,1-2H3/t14-,15-,18-,20+,23+,25-,26+,27+,28-/m1/s1. The minimum Gasteiger partial charge on any atom is -0.508 e. The number of aliphatic hydroxyl groups is 6. The molecule has 2 saturated heterocycles. The molecule has 0 aromatic heterocycles. The molecule has 0 spiro atoms. The molecule has 15 nitrogen and oxygen atoms in total. The second-order valence-corrected chi connectivity index (χ2v) is 10.6. The summed E-state index contributed by atoms with van der Waals surface area (Å²) >= 11 is 0. The Hall–Kier alpha value is -3.25. The number of phenols is 2. The third-order valence-electron chi connectivity index (χ3n) is 7.98. The number of ether oxygens (including phenoxy) is 6. The number of phenolic OH excluding ortho intramolecular Hbond substituents is 2. The maximum atomic E-state index is 13.5. The number of aromatic hydroxyl groups is 2. The van der Waals surface area contributed by atoms with Crippen LogP contribution in [0.3, 0.4) is 0 Å². The summed E-state index contributed by atoms with van der Waals surface area (Å²) in [4.78, 5) is 13.5. The van der Waals surface area contributed by atoms with Crippen LogP contribution in [0, 0.1) is 0 Å². The quantitative estimate of drug-likeness (QED) is 0.175. The summed E-state index contributed by atoms with van der Waals surface area (Å²) in [5.41, 5.74) is -1.98. The Balaban J connectivity index is 1.67.